The van der Waals surface area contributed by atoms with Crippen LogP contribution in [0.2, 0.25) is 5.04 Å². The molecule has 0 spiro atoms. The normalized spacial score (nSPS) is 17.9. The quantitative estimate of drug-likeness (QED) is 0.0231. The molecule has 21 heteroatoms. The van der Waals surface area contributed by atoms with Crippen molar-refractivity contribution < 1.29 is 60.4 Å². The number of thiazole rings is 1. The molecule has 7 aromatic rings. The number of hydrogen-bond donors (Lipinski definition) is 4. The van der Waals surface area contributed by atoms with E-state index < -0.39 is 97.5 Å². The van der Waals surface area contributed by atoms with Gasteiger partial charge in [0.05, 0.1) is 74.4 Å². The van der Waals surface area contributed by atoms with Crippen molar-refractivity contribution in [2.75, 3.05) is 65.9 Å². The molecular formula is C67H80F4N6O9SSi. The number of aromatic nitrogens is 2. The molecule has 0 aliphatic carbocycles. The van der Waals surface area contributed by atoms with Crippen LogP contribution in [-0.2, 0) is 46.0 Å². The lowest BCUT2D eigenvalue weighted by atomic mass is 9.85. The molecule has 0 radical (unpaired) electrons. The molecule has 2 aromatic heterocycles. The number of amides is 3. The summed E-state index contributed by atoms with van der Waals surface area (Å²) in [4.78, 5) is 52.2. The number of benzene rings is 5. The fraction of sp³-hybridized carbons (Fsp3) is 0.433. The maximum atomic E-state index is 17.0. The second-order valence-corrected chi connectivity index (χ2v) is 30.0. The molecule has 470 valence electrons. The Bertz CT molecular complexity index is 3430. The molecule has 5 aromatic carbocycles. The molecule has 4 N–H and O–H groups in total. The average molecular weight is 1250 g/mol. The van der Waals surface area contributed by atoms with Crippen molar-refractivity contribution in [1.29, 1.82) is 0 Å². The topological polar surface area (TPSA) is 177 Å². The molecule has 3 amide bonds. The summed E-state index contributed by atoms with van der Waals surface area (Å²) in [6.07, 6.45) is -0.502. The fourth-order valence-corrected chi connectivity index (χ4v) is 17.5. The van der Waals surface area contributed by atoms with Crippen molar-refractivity contribution in [3.05, 3.63) is 167 Å². The molecule has 88 heavy (non-hydrogen) atoms. The van der Waals surface area contributed by atoms with Gasteiger partial charge in [0.1, 0.15) is 42.7 Å². The molecular weight excluding hydrogens is 1170 g/mol. The zero-order valence-electron chi connectivity index (χ0n) is 51.2. The van der Waals surface area contributed by atoms with Crippen molar-refractivity contribution in [3.8, 4) is 16.2 Å². The highest BCUT2D eigenvalue weighted by atomic mass is 32.1. The van der Waals surface area contributed by atoms with Crippen molar-refractivity contribution in [1.82, 2.24) is 30.4 Å². The van der Waals surface area contributed by atoms with Crippen molar-refractivity contribution >= 4 is 58.7 Å². The molecule has 1 fully saturated rings. The second-order valence-electron chi connectivity index (χ2n) is 24.9. The average Bonchev–Trinajstić information content (AvgIpc) is 1.33. The second kappa shape index (κ2) is 28.3. The molecule has 2 aliphatic heterocycles. The Kier molecular flexibility index (Phi) is 21.1. The SMILES string of the molecule is Cc1ncsc1-c1ccc(CNC(=O)[C@@H]2C[C@@H](O)CN2C(=O)[C@@H](NC(=O)COCCOCCOCCOc2cc(F)c([C@@H]3c4[nH]c5ccccc5c4C[C@@H](C)N3CC(F)(F)CO[Si](c3ccccc3)(c3ccccc3)C(C)(C)C)c(F)c2)C(C)(C)C)cc1. The zero-order valence-corrected chi connectivity index (χ0v) is 53.0. The lowest BCUT2D eigenvalue weighted by Gasteiger charge is -2.45. The van der Waals surface area contributed by atoms with Crippen LogP contribution in [-0.4, -0.2) is 147 Å². The van der Waals surface area contributed by atoms with Gasteiger partial charge in [-0.2, -0.15) is 0 Å². The number of H-pyrrole nitrogens is 1. The van der Waals surface area contributed by atoms with E-state index in [1.54, 1.807) is 44.5 Å². The number of aryl methyl sites for hydroxylation is 1. The lowest BCUT2D eigenvalue weighted by molar-refractivity contribution is -0.144. The summed E-state index contributed by atoms with van der Waals surface area (Å²) in [5.41, 5.74) is 5.46. The molecule has 15 nitrogen and oxygen atoms in total. The first-order valence-electron chi connectivity index (χ1n) is 29.8. The van der Waals surface area contributed by atoms with Gasteiger partial charge in [-0.15, -0.1) is 11.3 Å². The Hall–Kier alpha value is -6.82. The van der Waals surface area contributed by atoms with E-state index in [4.69, 9.17) is 23.4 Å². The van der Waals surface area contributed by atoms with E-state index in [1.807, 2.05) is 137 Å². The number of rotatable bonds is 26. The minimum atomic E-state index is -3.47. The predicted molar refractivity (Wildman–Crippen MR) is 334 cm³/mol. The number of halogens is 4. The smallest absolute Gasteiger partial charge is 0.282 e. The van der Waals surface area contributed by atoms with Gasteiger partial charge in [0.25, 0.3) is 14.2 Å². The maximum absolute atomic E-state index is 17.0. The van der Waals surface area contributed by atoms with Crippen LogP contribution in [0.4, 0.5) is 17.6 Å². The van der Waals surface area contributed by atoms with Crippen LogP contribution in [0.15, 0.2) is 127 Å². The van der Waals surface area contributed by atoms with Gasteiger partial charge in [-0.25, -0.2) is 22.5 Å². The highest BCUT2D eigenvalue weighted by Gasteiger charge is 2.53. The Morgan fingerprint density at radius 2 is 1.42 bits per heavy atom. The van der Waals surface area contributed by atoms with Crippen LogP contribution in [0.25, 0.3) is 21.3 Å². The molecule has 9 rings (SSSR count). The summed E-state index contributed by atoms with van der Waals surface area (Å²) in [6, 6.07) is 32.7. The van der Waals surface area contributed by atoms with Gasteiger partial charge in [0.15, 0.2) is 0 Å². The first-order valence-corrected chi connectivity index (χ1v) is 32.6. The van der Waals surface area contributed by atoms with E-state index in [2.05, 4.69) is 20.6 Å². The number of aromatic amines is 1. The Morgan fingerprint density at radius 1 is 0.818 bits per heavy atom. The highest BCUT2D eigenvalue weighted by molar-refractivity contribution is 7.13. The number of carbonyl (C=O) groups is 3. The number of aliphatic hydroxyl groups excluding tert-OH is 1. The van der Waals surface area contributed by atoms with Gasteiger partial charge >= 0.3 is 0 Å². The van der Waals surface area contributed by atoms with Crippen molar-refractivity contribution in [3.63, 3.8) is 0 Å². The number of ether oxygens (including phenoxy) is 4. The summed E-state index contributed by atoms with van der Waals surface area (Å²) >= 11 is 1.55. The Labute approximate surface area is 517 Å². The highest BCUT2D eigenvalue weighted by Crippen LogP contribution is 2.45. The third-order valence-electron chi connectivity index (χ3n) is 16.4. The summed E-state index contributed by atoms with van der Waals surface area (Å²) < 4.78 is 96.7. The molecule has 0 unspecified atom stereocenters. The number of β-amino-alcohol motifs (C(OH)–C–C–N with tert-alkyl or cyclic N) is 1. The molecule has 1 saturated heterocycles. The van der Waals surface area contributed by atoms with Crippen LogP contribution in [0.3, 0.4) is 0 Å². The molecule has 0 bridgehead atoms. The van der Waals surface area contributed by atoms with Crippen molar-refractivity contribution in [2.45, 2.75) is 116 Å². The van der Waals surface area contributed by atoms with E-state index in [9.17, 15) is 19.5 Å². The van der Waals surface area contributed by atoms with Crippen molar-refractivity contribution in [2.24, 2.45) is 5.41 Å². The number of aliphatic hydroxyl groups is 1. The van der Waals surface area contributed by atoms with Gasteiger partial charge < -0.3 is 49.0 Å². The van der Waals surface area contributed by atoms with Crippen LogP contribution >= 0.6 is 11.3 Å². The standard InChI is InChI=1S/C67H80F4N6O9SSi/c1-43-33-52-51-21-15-16-22-55(51)74-59(52)60(77(43)40-67(70,71)41-86-88(66(6,7)8,49-17-11-9-12-18-49)50-19-13-10-14-20-50)58-53(68)35-48(36-54(58)69)85-32-31-83-28-27-82-29-30-84-39-57(79)75-62(65(3,4)5)64(81)76-38-47(78)34-56(76)63(80)72-37-45-23-25-46(26-24-45)61-44(2)73-42-87-61/h9-26,35-36,42-43,47,56,60,62,74,78H,27-34,37-41H2,1-8H3,(H,72,80)(H,75,79)/t43-,47-,56+,60-,62-/m1/s1. The van der Waals surface area contributed by atoms with E-state index in [1.165, 1.54) is 9.80 Å². The monoisotopic (exact) mass is 1250 g/mol. The number of nitrogens with zero attached hydrogens (tertiary/aromatic N) is 3. The lowest BCUT2D eigenvalue weighted by Crippen LogP contribution is -2.67. The Morgan fingerprint density at radius 3 is 2.02 bits per heavy atom. The molecule has 5 atom stereocenters. The van der Waals surface area contributed by atoms with E-state index in [0.717, 1.165) is 60.7 Å². The first-order chi connectivity index (χ1) is 42.0. The van der Waals surface area contributed by atoms with Crippen LogP contribution in [0.5, 0.6) is 5.75 Å². The third-order valence-corrected chi connectivity index (χ3v) is 22.3. The molecule has 2 aliphatic rings. The summed E-state index contributed by atoms with van der Waals surface area (Å²) in [5.74, 6) is -6.93. The fourth-order valence-electron chi connectivity index (χ4n) is 12.1. The minimum Gasteiger partial charge on any atom is -0.491 e. The Balaban J connectivity index is 0.737. The van der Waals surface area contributed by atoms with Crippen LogP contribution in [0, 0.1) is 24.0 Å². The number of para-hydroxylation sites is 1. The summed E-state index contributed by atoms with van der Waals surface area (Å²) in [5, 5.41) is 18.3. The van der Waals surface area contributed by atoms with Gasteiger partial charge in [-0.3, -0.25) is 19.3 Å². The number of alkyl halides is 2. The van der Waals surface area contributed by atoms with Gasteiger partial charge in [0, 0.05) is 59.8 Å². The molecule has 0 saturated carbocycles. The number of likely N-dealkylation sites (tertiary alicyclic amines) is 1. The van der Waals surface area contributed by atoms with Crippen LogP contribution < -0.4 is 25.7 Å². The van der Waals surface area contributed by atoms with E-state index in [-0.39, 0.29) is 77.1 Å². The number of carbonyl (C=O) groups excluding carboxylic acids is 3. The number of fused-ring (bicyclic) bond motifs is 3. The molecule has 4 heterocycles. The van der Waals surface area contributed by atoms with Gasteiger partial charge in [0.2, 0.25) is 17.7 Å². The minimum absolute atomic E-state index is 0.0427. The first kappa shape index (κ1) is 65.6. The van der Waals surface area contributed by atoms with E-state index >= 15 is 17.6 Å². The maximum Gasteiger partial charge on any atom is 0.282 e. The summed E-state index contributed by atoms with van der Waals surface area (Å²) in [6.45, 7) is 13.6. The van der Waals surface area contributed by atoms with Crippen LogP contribution in [0.1, 0.15) is 89.0 Å². The zero-order chi connectivity index (χ0) is 63.0. The van der Waals surface area contributed by atoms with Gasteiger partial charge in [-0.05, 0) is 63.9 Å². The number of hydrogen-bond acceptors (Lipinski definition) is 12. The predicted octanol–water partition coefficient (Wildman–Crippen LogP) is 9.66. The largest absolute Gasteiger partial charge is 0.491 e. The summed E-state index contributed by atoms with van der Waals surface area (Å²) in [7, 11) is -3.38. The van der Waals surface area contributed by atoms with Gasteiger partial charge in [-0.1, -0.05) is 145 Å². The third kappa shape index (κ3) is 15.2. The van der Waals surface area contributed by atoms with E-state index in [0.29, 0.717) is 12.1 Å². The number of nitrogens with one attached hydrogen (secondary N) is 3.